The normalized spacial score (nSPS) is 20.0. The van der Waals surface area contributed by atoms with Gasteiger partial charge in [0, 0.05) is 24.9 Å². The Bertz CT molecular complexity index is 1020. The number of carboxylic acid groups (broad SMARTS) is 2. The van der Waals surface area contributed by atoms with E-state index in [2.05, 4.69) is 15.6 Å². The number of nitrogens with one attached hydrogen (secondary N) is 2. The Kier molecular flexibility index (Phi) is 20.7. The highest BCUT2D eigenvalue weighted by Crippen LogP contribution is 2.40. The fourth-order valence-corrected chi connectivity index (χ4v) is 5.47. The molecule has 0 spiro atoms. The summed E-state index contributed by atoms with van der Waals surface area (Å²) in [5, 5.41) is 24.5. The van der Waals surface area contributed by atoms with Gasteiger partial charge in [-0.3, -0.25) is 19.4 Å². The van der Waals surface area contributed by atoms with Gasteiger partial charge in [0.25, 0.3) is 5.91 Å². The molecule has 0 aromatic carbocycles. The quantitative estimate of drug-likeness (QED) is 0.193. The summed E-state index contributed by atoms with van der Waals surface area (Å²) >= 11 is 0. The van der Waals surface area contributed by atoms with E-state index in [9.17, 15) is 34.2 Å². The molecule has 3 amide bonds. The van der Waals surface area contributed by atoms with Gasteiger partial charge >= 0.3 is 11.9 Å². The number of nitrogens with two attached hydrogens (primary N) is 1. The van der Waals surface area contributed by atoms with Crippen LogP contribution in [0.2, 0.25) is 0 Å². The Balaban J connectivity index is 0. The maximum absolute atomic E-state index is 13.1. The highest BCUT2D eigenvalue weighted by molar-refractivity contribution is 7.59. The molecule has 1 aromatic heterocycles. The Morgan fingerprint density at radius 2 is 1.67 bits per heavy atom. The van der Waals surface area contributed by atoms with Crippen LogP contribution in [0.15, 0.2) is 24.5 Å². The smallest absolute Gasteiger partial charge is 0.326 e. The summed E-state index contributed by atoms with van der Waals surface area (Å²) in [6.07, 6.45) is 7.79. The van der Waals surface area contributed by atoms with Crippen LogP contribution in [0.4, 0.5) is 0 Å². The van der Waals surface area contributed by atoms with E-state index in [1.807, 2.05) is 0 Å². The van der Waals surface area contributed by atoms with Crippen LogP contribution in [-0.2, 0) is 19.2 Å². The van der Waals surface area contributed by atoms with Gasteiger partial charge in [0.05, 0.1) is 5.56 Å². The Morgan fingerprint density at radius 3 is 2.26 bits per heavy atom. The van der Waals surface area contributed by atoms with Crippen molar-refractivity contribution in [2.75, 3.05) is 6.54 Å². The second-order valence-electron chi connectivity index (χ2n) is 9.99. The number of nitrogens with zero attached hydrogens (tertiary/aromatic N) is 2. The molecule has 240 valence electrons. The van der Waals surface area contributed by atoms with Crippen molar-refractivity contribution < 1.29 is 34.2 Å². The number of pyridine rings is 1. The fraction of sp³-hybridized carbons (Fsp3) is 0.615. The molecule has 2 aliphatic rings. The number of aromatic nitrogens is 1. The number of carbonyl (C=O) groups excluding carboxylic acids is 3. The van der Waals surface area contributed by atoms with Gasteiger partial charge in [-0.2, -0.15) is 54.0 Å². The van der Waals surface area contributed by atoms with Crippen LogP contribution in [0.3, 0.4) is 0 Å². The molecule has 6 N–H and O–H groups in total. The second kappa shape index (κ2) is 20.7. The predicted octanol–water partition coefficient (Wildman–Crippen LogP) is 1.35. The lowest BCUT2D eigenvalue weighted by atomic mass is 9.84. The molecule has 12 nitrogen and oxygen atoms in total. The molecule has 2 fully saturated rings. The number of hydrogen-bond acceptors (Lipinski definition) is 7. The molecule has 1 saturated carbocycles. The van der Waals surface area contributed by atoms with Crippen molar-refractivity contribution in [3.63, 3.8) is 0 Å². The largest absolute Gasteiger partial charge is 0.480 e. The second-order valence-corrected chi connectivity index (χ2v) is 9.99. The molecule has 0 bridgehead atoms. The van der Waals surface area contributed by atoms with Crippen molar-refractivity contribution in [3.05, 3.63) is 30.1 Å². The summed E-state index contributed by atoms with van der Waals surface area (Å²) in [4.78, 5) is 67.9. The molecule has 1 unspecified atom stereocenters. The number of rotatable bonds is 13. The van der Waals surface area contributed by atoms with E-state index in [-0.39, 0.29) is 90.8 Å². The molecule has 0 radical (unpaired) electrons. The van der Waals surface area contributed by atoms with Crippen molar-refractivity contribution in [3.8, 4) is 0 Å². The summed E-state index contributed by atoms with van der Waals surface area (Å²) in [6.45, 7) is 0.403. The molecule has 1 aromatic rings. The first kappa shape index (κ1) is 42.0. The number of fused-ring (bicyclic) bond motifs is 1. The minimum Gasteiger partial charge on any atom is -0.480 e. The molecule has 1 saturated heterocycles. The first-order chi connectivity index (χ1) is 18.2. The number of carbonyl (C=O) groups is 5. The predicted molar refractivity (Wildman–Crippen MR) is 177 cm³/mol. The summed E-state index contributed by atoms with van der Waals surface area (Å²) in [6, 6.07) is -0.326. The number of unbranched alkanes of at least 4 members (excludes halogenated alkanes) is 1. The van der Waals surface area contributed by atoms with Crippen LogP contribution >= 0.6 is 54.0 Å². The van der Waals surface area contributed by atoms with E-state index in [0.717, 1.165) is 25.7 Å². The zero-order chi connectivity index (χ0) is 27.7. The number of amides is 3. The topological polar surface area (TPSA) is 192 Å². The van der Waals surface area contributed by atoms with Crippen molar-refractivity contribution in [1.29, 1.82) is 0 Å². The lowest BCUT2D eigenvalue weighted by Crippen LogP contribution is -2.52. The molecule has 1 aliphatic carbocycles. The molecule has 5 atom stereocenters. The zero-order valence-electron chi connectivity index (χ0n) is 23.4. The first-order valence-electron chi connectivity index (χ1n) is 13.2. The minimum absolute atomic E-state index is 0. The Labute approximate surface area is 274 Å². The Morgan fingerprint density at radius 1 is 0.976 bits per heavy atom. The third kappa shape index (κ3) is 11.5. The van der Waals surface area contributed by atoms with Crippen LogP contribution in [0.25, 0.3) is 0 Å². The third-order valence-electron chi connectivity index (χ3n) is 7.42. The van der Waals surface area contributed by atoms with Gasteiger partial charge in [0.15, 0.2) is 0 Å². The van der Waals surface area contributed by atoms with Gasteiger partial charge in [0.1, 0.15) is 18.1 Å². The lowest BCUT2D eigenvalue weighted by Gasteiger charge is -2.33. The zero-order valence-corrected chi connectivity index (χ0v) is 27.4. The molecule has 42 heavy (non-hydrogen) atoms. The van der Waals surface area contributed by atoms with Gasteiger partial charge in [0.2, 0.25) is 11.8 Å². The van der Waals surface area contributed by atoms with Gasteiger partial charge in [-0.15, -0.1) is 0 Å². The lowest BCUT2D eigenvalue weighted by molar-refractivity contribution is -0.150. The van der Waals surface area contributed by atoms with Gasteiger partial charge < -0.3 is 31.5 Å². The summed E-state index contributed by atoms with van der Waals surface area (Å²) in [5.74, 6) is -3.87. The number of carboxylic acids is 2. The van der Waals surface area contributed by atoms with Crippen molar-refractivity contribution in [2.45, 2.75) is 88.4 Å². The first-order valence-corrected chi connectivity index (χ1v) is 13.2. The van der Waals surface area contributed by atoms with Crippen molar-refractivity contribution >= 4 is 83.6 Å². The number of hydrogen-bond donors (Lipinski definition) is 5. The van der Waals surface area contributed by atoms with E-state index in [1.165, 1.54) is 17.3 Å². The van der Waals surface area contributed by atoms with Gasteiger partial charge in [-0.25, -0.2) is 9.59 Å². The minimum atomic E-state index is -1.38. The maximum Gasteiger partial charge on any atom is 0.326 e. The van der Waals surface area contributed by atoms with Crippen LogP contribution in [0.5, 0.6) is 0 Å². The SMILES string of the molecule is NCCCCC(NC(=O)c1cccnc1)C(=O)N[C@H](CCC(=O)N1[C@H](C(=O)O)C[C@@H]2CCCC[C@@H]21)C(=O)O.S.S.S.S. The highest BCUT2D eigenvalue weighted by atomic mass is 32.1. The molecule has 1 aliphatic heterocycles. The molecule has 16 heteroatoms. The highest BCUT2D eigenvalue weighted by Gasteiger charge is 2.47. The third-order valence-corrected chi connectivity index (χ3v) is 7.42. The van der Waals surface area contributed by atoms with Crippen LogP contribution in [0.1, 0.15) is 74.6 Å². The monoisotopic (exact) mass is 667 g/mol. The summed E-state index contributed by atoms with van der Waals surface area (Å²) in [7, 11) is 0. The average Bonchev–Trinajstić information content (AvgIpc) is 3.30. The van der Waals surface area contributed by atoms with Crippen LogP contribution < -0.4 is 16.4 Å². The van der Waals surface area contributed by atoms with E-state index < -0.39 is 47.8 Å². The molecular weight excluding hydrogens is 623 g/mol. The maximum atomic E-state index is 13.1. The van der Waals surface area contributed by atoms with Crippen molar-refractivity contribution in [1.82, 2.24) is 20.5 Å². The molecular formula is C26H45N5O7S4. The van der Waals surface area contributed by atoms with E-state index >= 15 is 0 Å². The van der Waals surface area contributed by atoms with E-state index in [1.54, 1.807) is 12.1 Å². The van der Waals surface area contributed by atoms with Crippen molar-refractivity contribution in [2.24, 2.45) is 11.7 Å². The van der Waals surface area contributed by atoms with Crippen LogP contribution in [-0.4, -0.2) is 80.5 Å². The molecule has 3 rings (SSSR count). The number of likely N-dealkylation sites (tertiary alicyclic amines) is 1. The molecule has 2 heterocycles. The van der Waals surface area contributed by atoms with Gasteiger partial charge in [-0.05, 0) is 69.5 Å². The van der Waals surface area contributed by atoms with Gasteiger partial charge in [-0.1, -0.05) is 12.8 Å². The summed E-state index contributed by atoms with van der Waals surface area (Å²) in [5.41, 5.74) is 5.80. The summed E-state index contributed by atoms with van der Waals surface area (Å²) < 4.78 is 0. The van der Waals surface area contributed by atoms with E-state index in [4.69, 9.17) is 5.73 Å². The van der Waals surface area contributed by atoms with E-state index in [0.29, 0.717) is 25.8 Å². The van der Waals surface area contributed by atoms with Crippen LogP contribution in [0, 0.1) is 5.92 Å². The fourth-order valence-electron chi connectivity index (χ4n) is 5.47. The number of aliphatic carboxylic acids is 2. The standard InChI is InChI=1S/C26H37N5O7.4H2S/c27-12-4-3-8-18(29-23(33)17-7-5-13-28-15-17)24(34)30-19(25(35)36)10-11-22(32)31-20-9-2-1-6-16(20)14-21(31)26(37)38;;;;/h5,7,13,15-16,18-21H,1-4,6,8-12,14,27H2,(H,29,33)(H,30,34)(H,35,36)(H,37,38);4*1H2/t16-,18?,19+,20-,21-;;;;/m0..../s1. The average molecular weight is 668 g/mol. The Hall–Kier alpha value is -2.14.